The van der Waals surface area contributed by atoms with Crippen LogP contribution >= 0.6 is 0 Å². The molecule has 1 heterocycles. The van der Waals surface area contributed by atoms with Crippen LogP contribution in [0.4, 0.5) is 10.6 Å². The van der Waals surface area contributed by atoms with E-state index in [2.05, 4.69) is 15.8 Å². The molecule has 0 aromatic carbocycles. The number of rotatable bonds is 3. The van der Waals surface area contributed by atoms with Gasteiger partial charge in [0.25, 0.3) is 0 Å². The van der Waals surface area contributed by atoms with E-state index in [-0.39, 0.29) is 30.0 Å². The van der Waals surface area contributed by atoms with Crippen molar-refractivity contribution in [3.8, 4) is 0 Å². The van der Waals surface area contributed by atoms with Gasteiger partial charge in [0.15, 0.2) is 5.82 Å². The lowest BCUT2D eigenvalue weighted by Crippen LogP contribution is -2.45. The van der Waals surface area contributed by atoms with Crippen molar-refractivity contribution in [2.24, 2.45) is 5.92 Å². The fourth-order valence-corrected chi connectivity index (χ4v) is 2.62. The maximum absolute atomic E-state index is 12.0. The second-order valence-corrected chi connectivity index (χ2v) is 6.76. The minimum absolute atomic E-state index is 0.0257. The van der Waals surface area contributed by atoms with Gasteiger partial charge in [0.05, 0.1) is 0 Å². The van der Waals surface area contributed by atoms with Gasteiger partial charge in [-0.1, -0.05) is 38.8 Å². The van der Waals surface area contributed by atoms with E-state index in [9.17, 15) is 9.90 Å². The molecule has 0 saturated heterocycles. The SMILES string of the molecule is CC(C)(C)c1cc(NC(=O)N[C@@H]2CCCC[C@@H]2CO)no1. The lowest BCUT2D eigenvalue weighted by Gasteiger charge is -2.30. The van der Waals surface area contributed by atoms with E-state index in [0.717, 1.165) is 31.4 Å². The second kappa shape index (κ2) is 6.47. The van der Waals surface area contributed by atoms with Crippen molar-refractivity contribution in [2.45, 2.75) is 57.9 Å². The highest BCUT2D eigenvalue weighted by Crippen LogP contribution is 2.25. The number of carbonyl (C=O) groups is 1. The Morgan fingerprint density at radius 1 is 1.43 bits per heavy atom. The number of carbonyl (C=O) groups excluding carboxylic acids is 1. The fraction of sp³-hybridized carbons (Fsp3) is 0.733. The molecule has 118 valence electrons. The summed E-state index contributed by atoms with van der Waals surface area (Å²) in [5.41, 5.74) is -0.144. The lowest BCUT2D eigenvalue weighted by atomic mass is 9.85. The van der Waals surface area contributed by atoms with Gasteiger partial charge in [-0.15, -0.1) is 0 Å². The first-order chi connectivity index (χ1) is 9.90. The van der Waals surface area contributed by atoms with Crippen LogP contribution in [0.3, 0.4) is 0 Å². The summed E-state index contributed by atoms with van der Waals surface area (Å²) in [6, 6.07) is 1.47. The molecule has 1 aromatic rings. The Morgan fingerprint density at radius 2 is 2.14 bits per heavy atom. The number of amides is 2. The number of hydrogen-bond acceptors (Lipinski definition) is 4. The van der Waals surface area contributed by atoms with E-state index < -0.39 is 0 Å². The Hall–Kier alpha value is -1.56. The topological polar surface area (TPSA) is 87.4 Å². The maximum atomic E-state index is 12.0. The van der Waals surface area contributed by atoms with Crippen LogP contribution in [0.1, 0.15) is 52.2 Å². The summed E-state index contributed by atoms with van der Waals surface area (Å²) in [5, 5.41) is 18.8. The molecule has 0 aliphatic heterocycles. The van der Waals surface area contributed by atoms with Gasteiger partial charge >= 0.3 is 6.03 Å². The van der Waals surface area contributed by atoms with Gasteiger partial charge in [0.1, 0.15) is 5.76 Å². The largest absolute Gasteiger partial charge is 0.396 e. The predicted octanol–water partition coefficient (Wildman–Crippen LogP) is 2.64. The highest BCUT2D eigenvalue weighted by atomic mass is 16.5. The van der Waals surface area contributed by atoms with Gasteiger partial charge in [-0.05, 0) is 12.8 Å². The third kappa shape index (κ3) is 4.20. The molecule has 3 N–H and O–H groups in total. The Labute approximate surface area is 125 Å². The Balaban J connectivity index is 1.91. The van der Waals surface area contributed by atoms with Crippen molar-refractivity contribution in [3.63, 3.8) is 0 Å². The van der Waals surface area contributed by atoms with Gasteiger partial charge in [0, 0.05) is 30.0 Å². The van der Waals surface area contributed by atoms with Crippen LogP contribution in [0.15, 0.2) is 10.6 Å². The highest BCUT2D eigenvalue weighted by Gasteiger charge is 2.26. The molecule has 2 amide bonds. The molecule has 1 fully saturated rings. The van der Waals surface area contributed by atoms with Crippen molar-refractivity contribution < 1.29 is 14.4 Å². The summed E-state index contributed by atoms with van der Waals surface area (Å²) in [7, 11) is 0. The summed E-state index contributed by atoms with van der Waals surface area (Å²) in [5.74, 6) is 1.28. The van der Waals surface area contributed by atoms with E-state index >= 15 is 0 Å². The third-order valence-corrected chi connectivity index (χ3v) is 3.95. The number of hydrogen-bond donors (Lipinski definition) is 3. The average molecular weight is 295 g/mol. The summed E-state index contributed by atoms with van der Waals surface area (Å²) >= 11 is 0. The minimum Gasteiger partial charge on any atom is -0.396 e. The first-order valence-corrected chi connectivity index (χ1v) is 7.55. The van der Waals surface area contributed by atoms with Crippen LogP contribution in [0.2, 0.25) is 0 Å². The second-order valence-electron chi connectivity index (χ2n) is 6.76. The summed E-state index contributed by atoms with van der Waals surface area (Å²) < 4.78 is 5.23. The molecular formula is C15H25N3O3. The van der Waals surface area contributed by atoms with Crippen LogP contribution in [-0.4, -0.2) is 28.9 Å². The first-order valence-electron chi connectivity index (χ1n) is 7.55. The molecule has 1 aliphatic carbocycles. The number of anilines is 1. The van der Waals surface area contributed by atoms with Gasteiger partial charge in [-0.2, -0.15) is 0 Å². The molecule has 0 bridgehead atoms. The van der Waals surface area contributed by atoms with Crippen LogP contribution < -0.4 is 10.6 Å². The normalized spacial score (nSPS) is 22.9. The summed E-state index contributed by atoms with van der Waals surface area (Å²) in [6.07, 6.45) is 4.06. The molecule has 1 saturated carbocycles. The first kappa shape index (κ1) is 15.8. The quantitative estimate of drug-likeness (QED) is 0.800. The lowest BCUT2D eigenvalue weighted by molar-refractivity contribution is 0.156. The molecule has 1 aromatic heterocycles. The van der Waals surface area contributed by atoms with Gasteiger partial charge in [-0.25, -0.2) is 4.79 Å². The van der Waals surface area contributed by atoms with Crippen LogP contribution in [-0.2, 0) is 5.41 Å². The number of aromatic nitrogens is 1. The van der Waals surface area contributed by atoms with Crippen LogP contribution in [0.25, 0.3) is 0 Å². The molecule has 0 unspecified atom stereocenters. The number of aliphatic hydroxyl groups is 1. The molecular weight excluding hydrogens is 270 g/mol. The molecule has 2 atom stereocenters. The number of nitrogens with zero attached hydrogens (tertiary/aromatic N) is 1. The van der Waals surface area contributed by atoms with Crippen molar-refractivity contribution >= 4 is 11.8 Å². The number of aliphatic hydroxyl groups excluding tert-OH is 1. The summed E-state index contributed by atoms with van der Waals surface area (Å²) in [6.45, 7) is 6.17. The van der Waals surface area contributed by atoms with Crippen molar-refractivity contribution in [2.75, 3.05) is 11.9 Å². The number of nitrogens with one attached hydrogen (secondary N) is 2. The zero-order valence-electron chi connectivity index (χ0n) is 13.0. The molecule has 0 radical (unpaired) electrons. The van der Waals surface area contributed by atoms with E-state index in [4.69, 9.17) is 4.52 Å². The molecule has 21 heavy (non-hydrogen) atoms. The van der Waals surface area contributed by atoms with Gasteiger partial charge < -0.3 is 14.9 Å². The van der Waals surface area contributed by atoms with Gasteiger partial charge in [0.2, 0.25) is 0 Å². The zero-order valence-corrected chi connectivity index (χ0v) is 13.0. The Morgan fingerprint density at radius 3 is 2.76 bits per heavy atom. The van der Waals surface area contributed by atoms with Crippen LogP contribution in [0, 0.1) is 5.92 Å². The van der Waals surface area contributed by atoms with Crippen molar-refractivity contribution in [3.05, 3.63) is 11.8 Å². The van der Waals surface area contributed by atoms with Crippen molar-refractivity contribution in [1.29, 1.82) is 0 Å². The average Bonchev–Trinajstić information content (AvgIpc) is 2.87. The van der Waals surface area contributed by atoms with Crippen molar-refractivity contribution in [1.82, 2.24) is 10.5 Å². The zero-order chi connectivity index (χ0) is 15.5. The standard InChI is InChI=1S/C15H25N3O3/c1-15(2,3)12-8-13(18-21-12)17-14(20)16-11-7-5-4-6-10(11)9-19/h8,10-11,19H,4-7,9H2,1-3H3,(H2,16,17,18,20)/t10-,11-/m1/s1. The molecule has 0 spiro atoms. The van der Waals surface area contributed by atoms with E-state index in [1.807, 2.05) is 20.8 Å². The smallest absolute Gasteiger partial charge is 0.320 e. The molecule has 6 heteroatoms. The van der Waals surface area contributed by atoms with E-state index in [1.54, 1.807) is 6.07 Å². The fourth-order valence-electron chi connectivity index (χ4n) is 2.62. The molecule has 6 nitrogen and oxygen atoms in total. The third-order valence-electron chi connectivity index (χ3n) is 3.95. The number of urea groups is 1. The minimum atomic E-state index is -0.297. The van der Waals surface area contributed by atoms with E-state index in [0.29, 0.717) is 5.82 Å². The highest BCUT2D eigenvalue weighted by molar-refractivity contribution is 5.88. The predicted molar refractivity (Wildman–Crippen MR) is 80.2 cm³/mol. The van der Waals surface area contributed by atoms with E-state index in [1.165, 1.54) is 0 Å². The monoisotopic (exact) mass is 295 g/mol. The summed E-state index contributed by atoms with van der Waals surface area (Å²) in [4.78, 5) is 12.0. The molecule has 2 rings (SSSR count). The molecule has 1 aliphatic rings. The van der Waals surface area contributed by atoms with Gasteiger partial charge in [-0.3, -0.25) is 5.32 Å². The Kier molecular flexibility index (Phi) is 4.88. The maximum Gasteiger partial charge on any atom is 0.320 e. The van der Waals surface area contributed by atoms with Crippen LogP contribution in [0.5, 0.6) is 0 Å². The Bertz CT molecular complexity index is 479.